The Bertz CT molecular complexity index is 751. The van der Waals surface area contributed by atoms with E-state index in [1.807, 2.05) is 6.92 Å². The van der Waals surface area contributed by atoms with Gasteiger partial charge in [0.1, 0.15) is 12.2 Å². The number of carbonyl (C=O) groups excluding carboxylic acids is 4. The smallest absolute Gasteiger partial charge is 0.216 e. The molecule has 1 aliphatic rings. The number of aliphatic hydroxyl groups is 5. The highest BCUT2D eigenvalue weighted by Crippen LogP contribution is 2.52. The van der Waals surface area contributed by atoms with E-state index < -0.39 is 64.4 Å². The van der Waals surface area contributed by atoms with Crippen molar-refractivity contribution in [2.45, 2.75) is 114 Å². The third-order valence-electron chi connectivity index (χ3n) is 6.50. The summed E-state index contributed by atoms with van der Waals surface area (Å²) in [4.78, 5) is 49.6. The highest BCUT2D eigenvalue weighted by atomic mass is 16.7. The molecule has 10 nitrogen and oxygen atoms in total. The van der Waals surface area contributed by atoms with Crippen molar-refractivity contribution < 1.29 is 49.4 Å². The lowest BCUT2D eigenvalue weighted by Crippen LogP contribution is -2.90. The van der Waals surface area contributed by atoms with E-state index in [0.29, 0.717) is 13.3 Å². The van der Waals surface area contributed by atoms with Crippen LogP contribution in [0.25, 0.3) is 0 Å². The summed E-state index contributed by atoms with van der Waals surface area (Å²) in [5.41, 5.74) is -10.5. The largest absolute Gasteiger partial charge is 0.382 e. The molecule has 1 unspecified atom stereocenters. The molecule has 10 heteroatoms. The Balaban J connectivity index is 3.67. The first kappa shape index (κ1) is 28.5. The second kappa shape index (κ2) is 10.1. The van der Waals surface area contributed by atoms with E-state index >= 15 is 0 Å². The molecule has 0 aromatic heterocycles. The highest BCUT2D eigenvalue weighted by molar-refractivity contribution is 6.06. The van der Waals surface area contributed by atoms with Crippen molar-refractivity contribution in [2.24, 2.45) is 0 Å². The highest BCUT2D eigenvalue weighted by Gasteiger charge is 2.83. The molecule has 32 heavy (non-hydrogen) atoms. The Morgan fingerprint density at radius 3 is 1.66 bits per heavy atom. The molecule has 1 heterocycles. The van der Waals surface area contributed by atoms with Crippen LogP contribution in [-0.2, 0) is 23.9 Å². The van der Waals surface area contributed by atoms with Crippen LogP contribution >= 0.6 is 0 Å². The SMILES string of the molecule is CCCCCCCC[C@@]1(O)O[C@H](C(O)C(C)=O)[C@](O)(C(C)=O)[C@@](O)(C(C)=O)[C@]1(O)C(C)=O. The number of rotatable bonds is 12. The van der Waals surface area contributed by atoms with Crippen LogP contribution in [0.15, 0.2) is 0 Å². The van der Waals surface area contributed by atoms with Crippen LogP contribution in [0.4, 0.5) is 0 Å². The van der Waals surface area contributed by atoms with Crippen LogP contribution < -0.4 is 0 Å². The lowest BCUT2D eigenvalue weighted by molar-refractivity contribution is -0.412. The molecule has 0 spiro atoms. The van der Waals surface area contributed by atoms with Crippen LogP contribution in [0, 0.1) is 0 Å². The zero-order chi connectivity index (χ0) is 25.1. The molecular formula is C22H36O10. The molecule has 0 aromatic carbocycles. The van der Waals surface area contributed by atoms with Gasteiger partial charge in [-0.1, -0.05) is 39.0 Å². The fourth-order valence-corrected chi connectivity index (χ4v) is 4.54. The molecule has 1 fully saturated rings. The van der Waals surface area contributed by atoms with Gasteiger partial charge in [-0.3, -0.25) is 19.2 Å². The van der Waals surface area contributed by atoms with Gasteiger partial charge in [0.05, 0.1) is 0 Å². The molecule has 0 amide bonds. The lowest BCUT2D eigenvalue weighted by Gasteiger charge is -2.61. The minimum Gasteiger partial charge on any atom is -0.382 e. The molecule has 0 bridgehead atoms. The van der Waals surface area contributed by atoms with Gasteiger partial charge >= 0.3 is 0 Å². The summed E-state index contributed by atoms with van der Waals surface area (Å²) < 4.78 is 5.36. The van der Waals surface area contributed by atoms with Crippen molar-refractivity contribution in [1.29, 1.82) is 0 Å². The Hall–Kier alpha value is -1.56. The number of carbonyl (C=O) groups is 4. The van der Waals surface area contributed by atoms with Crippen LogP contribution in [0.3, 0.4) is 0 Å². The molecule has 1 saturated heterocycles. The lowest BCUT2D eigenvalue weighted by atomic mass is 9.57. The summed E-state index contributed by atoms with van der Waals surface area (Å²) in [7, 11) is 0. The Morgan fingerprint density at radius 1 is 0.781 bits per heavy atom. The summed E-state index contributed by atoms with van der Waals surface area (Å²) in [6.45, 7) is 5.13. The van der Waals surface area contributed by atoms with E-state index in [0.717, 1.165) is 46.5 Å². The van der Waals surface area contributed by atoms with Crippen molar-refractivity contribution in [3.05, 3.63) is 0 Å². The second-order valence-corrected chi connectivity index (χ2v) is 8.75. The van der Waals surface area contributed by atoms with Gasteiger partial charge in [0.15, 0.2) is 28.7 Å². The first-order chi connectivity index (χ1) is 14.6. The van der Waals surface area contributed by atoms with Crippen LogP contribution in [-0.4, -0.2) is 83.5 Å². The third kappa shape index (κ3) is 4.20. The van der Waals surface area contributed by atoms with E-state index in [2.05, 4.69) is 0 Å². The summed E-state index contributed by atoms with van der Waals surface area (Å²) >= 11 is 0. The summed E-state index contributed by atoms with van der Waals surface area (Å²) in [6.07, 6.45) is -0.729. The molecule has 1 rings (SSSR count). The van der Waals surface area contributed by atoms with E-state index in [1.54, 1.807) is 0 Å². The zero-order valence-electron chi connectivity index (χ0n) is 19.4. The predicted molar refractivity (Wildman–Crippen MR) is 111 cm³/mol. The van der Waals surface area contributed by atoms with Gasteiger partial charge in [-0.05, 0) is 34.1 Å². The second-order valence-electron chi connectivity index (χ2n) is 8.75. The number of ketones is 4. The maximum absolute atomic E-state index is 12.6. The normalized spacial score (nSPS) is 35.9. The minimum absolute atomic E-state index is 0.172. The van der Waals surface area contributed by atoms with Gasteiger partial charge in [0, 0.05) is 6.42 Å². The summed E-state index contributed by atoms with van der Waals surface area (Å²) in [5, 5.41) is 55.6. The Labute approximate surface area is 187 Å². The Morgan fingerprint density at radius 2 is 1.25 bits per heavy atom. The van der Waals surface area contributed by atoms with Crippen molar-refractivity contribution >= 4 is 23.1 Å². The topological polar surface area (TPSA) is 179 Å². The molecule has 5 N–H and O–H groups in total. The maximum Gasteiger partial charge on any atom is 0.216 e. The molecule has 0 saturated carbocycles. The number of Topliss-reactive ketones (excluding diaryl/α,β-unsaturated/α-hetero) is 4. The van der Waals surface area contributed by atoms with Crippen LogP contribution in [0.5, 0.6) is 0 Å². The Kier molecular flexibility index (Phi) is 9.03. The van der Waals surface area contributed by atoms with E-state index in [4.69, 9.17) is 4.74 Å². The van der Waals surface area contributed by atoms with Crippen molar-refractivity contribution in [3.63, 3.8) is 0 Å². The fraction of sp³-hybridized carbons (Fsp3) is 0.818. The van der Waals surface area contributed by atoms with Crippen LogP contribution in [0.2, 0.25) is 0 Å². The molecule has 0 radical (unpaired) electrons. The standard InChI is InChI=1S/C22H36O10/c1-6-7-8-9-10-11-12-19(28)21(30,15(4)25)22(31,16(5)26)20(29,14(3)24)18(32-19)17(27)13(2)23/h17-18,27-31H,6-12H2,1-5H3/t17?,18-,19-,20-,21+,22+/m1/s1. The quantitative estimate of drug-likeness (QED) is 0.243. The monoisotopic (exact) mass is 460 g/mol. The number of aliphatic hydroxyl groups excluding tert-OH is 1. The fourth-order valence-electron chi connectivity index (χ4n) is 4.54. The summed E-state index contributed by atoms with van der Waals surface area (Å²) in [5.74, 6) is -8.14. The average Bonchev–Trinajstić information content (AvgIpc) is 2.70. The van der Waals surface area contributed by atoms with E-state index in [1.165, 1.54) is 0 Å². The minimum atomic E-state index is -3.62. The van der Waals surface area contributed by atoms with Gasteiger partial charge in [-0.2, -0.15) is 0 Å². The van der Waals surface area contributed by atoms with Gasteiger partial charge in [0.2, 0.25) is 17.0 Å². The van der Waals surface area contributed by atoms with Crippen molar-refractivity contribution in [3.8, 4) is 0 Å². The van der Waals surface area contributed by atoms with E-state index in [9.17, 15) is 44.7 Å². The number of ether oxygens (including phenoxy) is 1. The van der Waals surface area contributed by atoms with Gasteiger partial charge < -0.3 is 30.3 Å². The number of unbranched alkanes of at least 4 members (excludes halogenated alkanes) is 5. The van der Waals surface area contributed by atoms with Gasteiger partial charge in [-0.25, -0.2) is 0 Å². The molecule has 6 atom stereocenters. The molecule has 1 aliphatic heterocycles. The summed E-state index contributed by atoms with van der Waals surface area (Å²) in [6, 6.07) is 0. The molecular weight excluding hydrogens is 424 g/mol. The van der Waals surface area contributed by atoms with Gasteiger partial charge in [-0.15, -0.1) is 0 Å². The zero-order valence-corrected chi connectivity index (χ0v) is 19.4. The average molecular weight is 461 g/mol. The van der Waals surface area contributed by atoms with Gasteiger partial charge in [0.25, 0.3) is 0 Å². The van der Waals surface area contributed by atoms with Crippen LogP contribution in [0.1, 0.15) is 79.6 Å². The molecule has 0 aromatic rings. The first-order valence-corrected chi connectivity index (χ1v) is 10.9. The molecule has 184 valence electrons. The van der Waals surface area contributed by atoms with Crippen molar-refractivity contribution in [1.82, 2.24) is 0 Å². The predicted octanol–water partition coefficient (Wildman–Crippen LogP) is -0.265. The molecule has 0 aliphatic carbocycles. The maximum atomic E-state index is 12.6. The third-order valence-corrected chi connectivity index (χ3v) is 6.50. The number of hydrogen-bond acceptors (Lipinski definition) is 10. The van der Waals surface area contributed by atoms with Crippen molar-refractivity contribution in [2.75, 3.05) is 0 Å². The first-order valence-electron chi connectivity index (χ1n) is 10.9. The number of hydrogen-bond donors (Lipinski definition) is 5. The van der Waals surface area contributed by atoms with E-state index in [-0.39, 0.29) is 6.42 Å².